The van der Waals surface area contributed by atoms with Crippen LogP contribution in [0.15, 0.2) is 68.5 Å². The molecule has 0 aliphatic rings. The Labute approximate surface area is 180 Å². The summed E-state index contributed by atoms with van der Waals surface area (Å²) in [6.07, 6.45) is 9.52. The number of hydrogen-bond donors (Lipinski definition) is 0. The highest BCUT2D eigenvalue weighted by molar-refractivity contribution is 5.51. The van der Waals surface area contributed by atoms with Crippen molar-refractivity contribution in [3.8, 4) is 0 Å². The van der Waals surface area contributed by atoms with Gasteiger partial charge < -0.3 is 0 Å². The van der Waals surface area contributed by atoms with Gasteiger partial charge >= 0.3 is 0 Å². The van der Waals surface area contributed by atoms with E-state index in [9.17, 15) is 19.2 Å². The average molecular weight is 418 g/mol. The van der Waals surface area contributed by atoms with Gasteiger partial charge in [-0.1, -0.05) is 44.0 Å². The fraction of sp³-hybridized carbons (Fsp3) is 0.304. The van der Waals surface area contributed by atoms with E-state index >= 15 is 0 Å². The minimum atomic E-state index is -0.200. The molecule has 0 aliphatic heterocycles. The van der Waals surface area contributed by atoms with E-state index < -0.39 is 0 Å². The van der Waals surface area contributed by atoms with Crippen LogP contribution in [-0.2, 0) is 25.6 Å². The van der Waals surface area contributed by atoms with E-state index in [2.05, 4.69) is 26.9 Å². The molecule has 1 unspecified atom stereocenters. The lowest BCUT2D eigenvalue weighted by Gasteiger charge is -2.10. The molecule has 8 nitrogen and oxygen atoms in total. The first-order chi connectivity index (χ1) is 15.2. The van der Waals surface area contributed by atoms with Crippen LogP contribution in [0.4, 0.5) is 11.4 Å². The molecule has 31 heavy (non-hydrogen) atoms. The Morgan fingerprint density at radius 2 is 1.55 bits per heavy atom. The largest absolute Gasteiger partial charge is 0.240 e. The van der Waals surface area contributed by atoms with Crippen LogP contribution in [0.3, 0.4) is 0 Å². The summed E-state index contributed by atoms with van der Waals surface area (Å²) in [6, 6.07) is 14.0. The third-order valence-corrected chi connectivity index (χ3v) is 4.16. The van der Waals surface area contributed by atoms with Crippen LogP contribution >= 0.6 is 0 Å². The molecule has 8 heteroatoms. The van der Waals surface area contributed by atoms with Gasteiger partial charge in [0.2, 0.25) is 24.3 Å². The smallest absolute Gasteiger partial charge is 0.211 e. The van der Waals surface area contributed by atoms with Crippen molar-refractivity contribution >= 4 is 35.7 Å². The van der Waals surface area contributed by atoms with Crippen molar-refractivity contribution in [2.24, 2.45) is 20.0 Å². The predicted octanol–water partition coefficient (Wildman–Crippen LogP) is 4.75. The first kappa shape index (κ1) is 25.0. The molecule has 2 rings (SSSR count). The maximum absolute atomic E-state index is 10.4. The second-order valence-electron chi connectivity index (χ2n) is 6.27. The van der Waals surface area contributed by atoms with Crippen molar-refractivity contribution in [2.45, 2.75) is 38.6 Å². The Kier molecular flexibility index (Phi) is 12.8. The summed E-state index contributed by atoms with van der Waals surface area (Å²) in [7, 11) is 0. The molecule has 0 fully saturated rings. The predicted molar refractivity (Wildman–Crippen MR) is 116 cm³/mol. The Hall–Kier alpha value is -4.04. The molecule has 0 saturated carbocycles. The van der Waals surface area contributed by atoms with Gasteiger partial charge in [0.25, 0.3) is 0 Å². The molecule has 1 atom stereocenters. The maximum atomic E-state index is 10.4. The van der Waals surface area contributed by atoms with Crippen LogP contribution in [0.2, 0.25) is 0 Å². The Morgan fingerprint density at radius 1 is 0.839 bits per heavy atom. The molecule has 0 N–H and O–H groups in total. The highest BCUT2D eigenvalue weighted by Crippen LogP contribution is 2.26. The zero-order valence-electron chi connectivity index (χ0n) is 17.2. The zero-order valence-corrected chi connectivity index (χ0v) is 17.2. The van der Waals surface area contributed by atoms with Gasteiger partial charge in [0, 0.05) is 0 Å². The van der Waals surface area contributed by atoms with Crippen molar-refractivity contribution in [2.75, 3.05) is 6.54 Å². The lowest BCUT2D eigenvalue weighted by atomic mass is 10.0. The van der Waals surface area contributed by atoms with Gasteiger partial charge in [0.1, 0.15) is 0 Å². The van der Waals surface area contributed by atoms with Crippen LogP contribution in [0.1, 0.15) is 43.4 Å². The summed E-state index contributed by atoms with van der Waals surface area (Å²) in [6.45, 7) is 2.51. The third-order valence-electron chi connectivity index (χ3n) is 4.16. The number of carbonyl (C=O) groups excluding carboxylic acids is 4. The molecule has 0 radical (unpaired) electrons. The number of hydrogen-bond acceptors (Lipinski definition) is 8. The van der Waals surface area contributed by atoms with Gasteiger partial charge in [0.05, 0.1) is 24.0 Å². The van der Waals surface area contributed by atoms with Crippen molar-refractivity contribution in [1.29, 1.82) is 0 Å². The van der Waals surface area contributed by atoms with E-state index in [0.29, 0.717) is 24.3 Å². The normalized spacial score (nSPS) is 9.97. The SMILES string of the molecule is CCCCC(N=C=O)c1cccc(N=C=O)c1.O=C=NCCc1ccc(N=C=O)cc1. The monoisotopic (exact) mass is 418 g/mol. The summed E-state index contributed by atoms with van der Waals surface area (Å²) >= 11 is 0. The van der Waals surface area contributed by atoms with E-state index in [-0.39, 0.29) is 6.04 Å². The fourth-order valence-corrected chi connectivity index (χ4v) is 2.64. The standard InChI is InChI=1S/C13H14N2O2.C10H8N2O2/c1-2-3-7-13(15-10-17)11-5-4-6-12(8-11)14-9-16;13-7-11-6-5-9-1-3-10(4-2-9)12-8-14/h4-6,8,13H,2-3,7H2,1H3;1-4H,5-6H2. The molecule has 0 aromatic heterocycles. The first-order valence-electron chi connectivity index (χ1n) is 9.63. The molecule has 158 valence electrons. The highest BCUT2D eigenvalue weighted by Gasteiger charge is 2.09. The summed E-state index contributed by atoms with van der Waals surface area (Å²) in [5.74, 6) is 0. The molecular weight excluding hydrogens is 396 g/mol. The Bertz CT molecular complexity index is 1010. The van der Waals surface area contributed by atoms with Crippen LogP contribution in [0.5, 0.6) is 0 Å². The average Bonchev–Trinajstić information content (AvgIpc) is 2.79. The molecule has 0 amide bonds. The first-order valence-corrected chi connectivity index (χ1v) is 9.63. The minimum Gasteiger partial charge on any atom is -0.211 e. The second kappa shape index (κ2) is 15.8. The number of benzene rings is 2. The van der Waals surface area contributed by atoms with Gasteiger partial charge in [0.15, 0.2) is 0 Å². The summed E-state index contributed by atoms with van der Waals surface area (Å²) in [5, 5.41) is 0. The molecule has 2 aromatic carbocycles. The maximum Gasteiger partial charge on any atom is 0.240 e. The zero-order chi connectivity index (χ0) is 22.7. The third kappa shape index (κ3) is 10.3. The van der Waals surface area contributed by atoms with Crippen molar-refractivity contribution in [3.63, 3.8) is 0 Å². The molecule has 0 saturated heterocycles. The van der Waals surface area contributed by atoms with Crippen LogP contribution in [0.25, 0.3) is 0 Å². The number of aliphatic imine (C=N–C) groups is 4. The van der Waals surface area contributed by atoms with E-state index in [1.807, 2.05) is 18.2 Å². The second-order valence-corrected chi connectivity index (χ2v) is 6.27. The topological polar surface area (TPSA) is 118 Å². The lowest BCUT2D eigenvalue weighted by molar-refractivity contribution is 0.547. The molecule has 0 aliphatic carbocycles. The Morgan fingerprint density at radius 3 is 2.16 bits per heavy atom. The van der Waals surface area contributed by atoms with Gasteiger partial charge in [-0.15, -0.1) is 0 Å². The van der Waals surface area contributed by atoms with Crippen molar-refractivity contribution in [1.82, 2.24) is 0 Å². The molecule has 0 bridgehead atoms. The van der Waals surface area contributed by atoms with E-state index in [1.165, 1.54) is 18.2 Å². The quantitative estimate of drug-likeness (QED) is 0.408. The van der Waals surface area contributed by atoms with Crippen molar-refractivity contribution < 1.29 is 19.2 Å². The highest BCUT2D eigenvalue weighted by atomic mass is 16.1. The molecular formula is C23H22N4O4. The number of isocyanates is 4. The minimum absolute atomic E-state index is 0.200. The molecule has 0 heterocycles. The van der Waals surface area contributed by atoms with Crippen LogP contribution in [-0.4, -0.2) is 30.9 Å². The molecule has 0 spiro atoms. The van der Waals surface area contributed by atoms with Crippen molar-refractivity contribution in [3.05, 3.63) is 59.7 Å². The Balaban J connectivity index is 0.000000316. The summed E-state index contributed by atoms with van der Waals surface area (Å²) < 4.78 is 0. The van der Waals surface area contributed by atoms with Gasteiger partial charge in [-0.25, -0.2) is 24.2 Å². The van der Waals surface area contributed by atoms with E-state index in [4.69, 9.17) is 0 Å². The number of rotatable bonds is 10. The lowest BCUT2D eigenvalue weighted by Crippen LogP contribution is -1.95. The van der Waals surface area contributed by atoms with Gasteiger partial charge in [-0.05, 0) is 48.2 Å². The summed E-state index contributed by atoms with van der Waals surface area (Å²) in [4.78, 5) is 54.5. The number of nitrogens with zero attached hydrogens (tertiary/aromatic N) is 4. The van der Waals surface area contributed by atoms with Crippen LogP contribution < -0.4 is 0 Å². The molecule has 2 aromatic rings. The summed E-state index contributed by atoms with van der Waals surface area (Å²) in [5.41, 5.74) is 3.01. The fourth-order valence-electron chi connectivity index (χ4n) is 2.64. The van der Waals surface area contributed by atoms with E-state index in [1.54, 1.807) is 36.4 Å². The number of unbranched alkanes of at least 4 members (excludes halogenated alkanes) is 1. The van der Waals surface area contributed by atoms with Gasteiger partial charge in [-0.2, -0.15) is 15.0 Å². The van der Waals surface area contributed by atoms with Gasteiger partial charge in [-0.3, -0.25) is 0 Å². The van der Waals surface area contributed by atoms with Crippen LogP contribution in [0, 0.1) is 0 Å². The van der Waals surface area contributed by atoms with E-state index in [0.717, 1.165) is 30.4 Å².